The minimum absolute atomic E-state index is 0. The summed E-state index contributed by atoms with van der Waals surface area (Å²) >= 11 is 5.56. The van der Waals surface area contributed by atoms with E-state index in [1.54, 1.807) is 6.92 Å². The summed E-state index contributed by atoms with van der Waals surface area (Å²) in [5, 5.41) is 2.82. The molecule has 1 rings (SSSR count). The Balaban J connectivity index is 0.00000225. The van der Waals surface area contributed by atoms with Gasteiger partial charge in [0.2, 0.25) is 0 Å². The van der Waals surface area contributed by atoms with Crippen LogP contribution in [0.15, 0.2) is 18.2 Å². The second-order valence-electron chi connectivity index (χ2n) is 3.23. The second-order valence-corrected chi connectivity index (χ2v) is 3.67. The van der Waals surface area contributed by atoms with E-state index in [1.807, 2.05) is 0 Å². The first-order valence-electron chi connectivity index (χ1n) is 4.50. The first-order chi connectivity index (χ1) is 7.04. The molecule has 0 bridgehead atoms. The highest BCUT2D eigenvalue weighted by Crippen LogP contribution is 2.14. The molecule has 1 atom stereocenters. The Morgan fingerprint density at radius 2 is 2.25 bits per heavy atom. The maximum Gasteiger partial charge on any atom is 0.254 e. The molecule has 0 saturated heterocycles. The summed E-state index contributed by atoms with van der Waals surface area (Å²) in [4.78, 5) is 11.5. The molecule has 1 amide bonds. The lowest BCUT2D eigenvalue weighted by molar-refractivity contribution is 0.0937. The van der Waals surface area contributed by atoms with E-state index in [4.69, 9.17) is 17.3 Å². The fraction of sp³-hybridized carbons (Fsp3) is 0.300. The Morgan fingerprint density at radius 3 is 2.75 bits per heavy atom. The van der Waals surface area contributed by atoms with Gasteiger partial charge in [0, 0.05) is 17.6 Å². The van der Waals surface area contributed by atoms with Crippen molar-refractivity contribution < 1.29 is 9.18 Å². The van der Waals surface area contributed by atoms with Gasteiger partial charge in [-0.05, 0) is 25.1 Å². The number of halogens is 3. The van der Waals surface area contributed by atoms with E-state index in [1.165, 1.54) is 12.1 Å². The van der Waals surface area contributed by atoms with E-state index in [0.29, 0.717) is 6.54 Å². The summed E-state index contributed by atoms with van der Waals surface area (Å²) in [5.74, 6) is -1.12. The zero-order valence-electron chi connectivity index (χ0n) is 8.67. The lowest BCUT2D eigenvalue weighted by atomic mass is 10.2. The van der Waals surface area contributed by atoms with E-state index >= 15 is 0 Å². The number of amides is 1. The monoisotopic (exact) mass is 266 g/mol. The van der Waals surface area contributed by atoms with Crippen LogP contribution in [0, 0.1) is 5.82 Å². The van der Waals surface area contributed by atoms with Gasteiger partial charge in [-0.25, -0.2) is 4.39 Å². The van der Waals surface area contributed by atoms with Gasteiger partial charge in [-0.2, -0.15) is 0 Å². The molecule has 0 aromatic heterocycles. The van der Waals surface area contributed by atoms with Crippen LogP contribution in [0.3, 0.4) is 0 Å². The van der Waals surface area contributed by atoms with Gasteiger partial charge < -0.3 is 11.1 Å². The molecule has 1 aromatic rings. The van der Waals surface area contributed by atoms with Crippen molar-refractivity contribution in [2.45, 2.75) is 13.0 Å². The zero-order chi connectivity index (χ0) is 11.4. The molecule has 0 saturated carbocycles. The minimum Gasteiger partial charge on any atom is -0.348 e. The van der Waals surface area contributed by atoms with Crippen molar-refractivity contribution in [2.24, 2.45) is 5.73 Å². The summed E-state index contributed by atoms with van der Waals surface area (Å²) in [5.41, 5.74) is 5.30. The average Bonchev–Trinajstić information content (AvgIpc) is 2.17. The fourth-order valence-electron chi connectivity index (χ4n) is 1.03. The number of hydrogen-bond donors (Lipinski definition) is 2. The van der Waals surface area contributed by atoms with Crippen molar-refractivity contribution in [3.63, 3.8) is 0 Å². The molecular formula is C10H13Cl2FN2O. The number of hydrogen-bond acceptors (Lipinski definition) is 2. The van der Waals surface area contributed by atoms with Crippen molar-refractivity contribution >= 4 is 29.9 Å². The van der Waals surface area contributed by atoms with Gasteiger partial charge in [0.05, 0.1) is 5.56 Å². The van der Waals surface area contributed by atoms with Gasteiger partial charge in [0.1, 0.15) is 5.82 Å². The van der Waals surface area contributed by atoms with Crippen LogP contribution in [0.5, 0.6) is 0 Å². The van der Waals surface area contributed by atoms with Crippen LogP contribution in [-0.2, 0) is 0 Å². The number of nitrogens with two attached hydrogens (primary N) is 1. The van der Waals surface area contributed by atoms with Gasteiger partial charge in [-0.15, -0.1) is 12.4 Å². The fourth-order valence-corrected chi connectivity index (χ4v) is 1.19. The Bertz CT molecular complexity index is 374. The molecule has 3 N–H and O–H groups in total. The Morgan fingerprint density at radius 1 is 1.62 bits per heavy atom. The molecule has 3 nitrogen and oxygen atoms in total. The molecule has 0 unspecified atom stereocenters. The summed E-state index contributed by atoms with van der Waals surface area (Å²) in [6, 6.07) is 3.72. The number of nitrogens with one attached hydrogen (secondary N) is 1. The standard InChI is InChI=1S/C10H12ClFN2O.ClH/c1-6(5-13)14-10(15)8-3-2-7(11)4-9(8)12;/h2-4,6H,5,13H2,1H3,(H,14,15);1H/t6-;/m1./s1. The van der Waals surface area contributed by atoms with E-state index in [2.05, 4.69) is 5.32 Å². The Kier molecular flexibility index (Phi) is 6.33. The van der Waals surface area contributed by atoms with Crippen LogP contribution < -0.4 is 11.1 Å². The van der Waals surface area contributed by atoms with Crippen LogP contribution in [0.2, 0.25) is 5.02 Å². The van der Waals surface area contributed by atoms with Crippen molar-refractivity contribution in [3.8, 4) is 0 Å². The van der Waals surface area contributed by atoms with Gasteiger partial charge >= 0.3 is 0 Å². The van der Waals surface area contributed by atoms with E-state index in [-0.39, 0.29) is 29.0 Å². The van der Waals surface area contributed by atoms with Crippen LogP contribution in [0.25, 0.3) is 0 Å². The van der Waals surface area contributed by atoms with E-state index in [0.717, 1.165) is 6.07 Å². The first kappa shape index (κ1) is 15.2. The van der Waals surface area contributed by atoms with Crippen molar-refractivity contribution in [2.75, 3.05) is 6.54 Å². The van der Waals surface area contributed by atoms with Gasteiger partial charge in [-0.1, -0.05) is 11.6 Å². The summed E-state index contributed by atoms with van der Waals surface area (Å²) < 4.78 is 13.3. The third-order valence-electron chi connectivity index (χ3n) is 1.91. The normalized spacial score (nSPS) is 11.5. The molecule has 0 heterocycles. The third-order valence-corrected chi connectivity index (χ3v) is 2.14. The Labute approximate surface area is 105 Å². The van der Waals surface area contributed by atoms with Crippen LogP contribution in [0.4, 0.5) is 4.39 Å². The zero-order valence-corrected chi connectivity index (χ0v) is 10.2. The topological polar surface area (TPSA) is 55.1 Å². The largest absolute Gasteiger partial charge is 0.348 e. The SMILES string of the molecule is C[C@H](CN)NC(=O)c1ccc(Cl)cc1F.Cl. The third kappa shape index (κ3) is 3.96. The van der Waals surface area contributed by atoms with Gasteiger partial charge in [0.25, 0.3) is 5.91 Å². The number of carbonyl (C=O) groups excluding carboxylic acids is 1. The molecule has 0 aliphatic rings. The first-order valence-corrected chi connectivity index (χ1v) is 4.88. The molecule has 0 aliphatic heterocycles. The van der Waals surface area contributed by atoms with Gasteiger partial charge in [-0.3, -0.25) is 4.79 Å². The lowest BCUT2D eigenvalue weighted by Crippen LogP contribution is -2.38. The Hall–Kier alpha value is -0.840. The van der Waals surface area contributed by atoms with Crippen molar-refractivity contribution in [1.29, 1.82) is 0 Å². The molecule has 6 heteroatoms. The number of carbonyl (C=O) groups is 1. The maximum absolute atomic E-state index is 13.3. The van der Waals surface area contributed by atoms with Crippen LogP contribution in [0.1, 0.15) is 17.3 Å². The molecule has 90 valence electrons. The van der Waals surface area contributed by atoms with Crippen LogP contribution in [-0.4, -0.2) is 18.5 Å². The second kappa shape index (κ2) is 6.68. The van der Waals surface area contributed by atoms with E-state index < -0.39 is 11.7 Å². The maximum atomic E-state index is 13.3. The predicted molar refractivity (Wildman–Crippen MR) is 64.6 cm³/mol. The minimum atomic E-state index is -0.635. The lowest BCUT2D eigenvalue weighted by Gasteiger charge is -2.11. The van der Waals surface area contributed by atoms with Gasteiger partial charge in [0.15, 0.2) is 0 Å². The number of rotatable bonds is 3. The highest BCUT2D eigenvalue weighted by atomic mass is 35.5. The van der Waals surface area contributed by atoms with Crippen molar-refractivity contribution in [1.82, 2.24) is 5.32 Å². The highest BCUT2D eigenvalue weighted by Gasteiger charge is 2.13. The summed E-state index contributed by atoms with van der Waals surface area (Å²) in [6.45, 7) is 2.05. The molecule has 1 aromatic carbocycles. The van der Waals surface area contributed by atoms with Crippen molar-refractivity contribution in [3.05, 3.63) is 34.6 Å². The quantitative estimate of drug-likeness (QED) is 0.879. The highest BCUT2D eigenvalue weighted by molar-refractivity contribution is 6.30. The summed E-state index contributed by atoms with van der Waals surface area (Å²) in [7, 11) is 0. The molecular weight excluding hydrogens is 254 g/mol. The molecule has 0 fully saturated rings. The van der Waals surface area contributed by atoms with E-state index in [9.17, 15) is 9.18 Å². The summed E-state index contributed by atoms with van der Waals surface area (Å²) in [6.07, 6.45) is 0. The molecule has 0 aliphatic carbocycles. The predicted octanol–water partition coefficient (Wildman–Crippen LogP) is 1.98. The average molecular weight is 267 g/mol. The van der Waals surface area contributed by atoms with Crippen LogP contribution >= 0.6 is 24.0 Å². The smallest absolute Gasteiger partial charge is 0.254 e. The molecule has 0 spiro atoms. The molecule has 16 heavy (non-hydrogen) atoms. The molecule has 0 radical (unpaired) electrons. The number of benzene rings is 1.